The van der Waals surface area contributed by atoms with E-state index in [2.05, 4.69) is 17.5 Å². The van der Waals surface area contributed by atoms with E-state index in [-0.39, 0.29) is 5.91 Å². The Hall–Kier alpha value is -1.25. The van der Waals surface area contributed by atoms with E-state index in [0.717, 1.165) is 31.6 Å². The van der Waals surface area contributed by atoms with Crippen molar-refractivity contribution in [3.05, 3.63) is 23.4 Å². The summed E-state index contributed by atoms with van der Waals surface area (Å²) in [5.41, 5.74) is 2.49. The van der Waals surface area contributed by atoms with Crippen LogP contribution in [0.5, 0.6) is 0 Å². The molecule has 1 saturated heterocycles. The first-order valence-corrected chi connectivity index (χ1v) is 5.99. The lowest BCUT2D eigenvalue weighted by atomic mass is 10.0. The summed E-state index contributed by atoms with van der Waals surface area (Å²) in [5, 5.41) is 3.09. The van der Waals surface area contributed by atoms with Crippen molar-refractivity contribution in [2.75, 3.05) is 20.1 Å². The zero-order chi connectivity index (χ0) is 12.0. The molecular weight excluding hydrogens is 200 g/mol. The minimum absolute atomic E-state index is 0.264. The summed E-state index contributed by atoms with van der Waals surface area (Å²) in [4.78, 5) is 13.5. The van der Waals surface area contributed by atoms with Gasteiger partial charge in [0.05, 0.1) is 0 Å². The van der Waals surface area contributed by atoms with Crippen molar-refractivity contribution >= 4 is 5.91 Å². The number of carbonyl (C=O) groups is 1. The SMILES string of the molecule is CCC(=O)N1CCC/C(=C\C=C(\C)NC)C1. The molecule has 1 aliphatic rings. The lowest BCUT2D eigenvalue weighted by Crippen LogP contribution is -2.36. The summed E-state index contributed by atoms with van der Waals surface area (Å²) in [6.45, 7) is 5.68. The molecule has 0 unspecified atom stereocenters. The molecule has 0 bridgehead atoms. The highest BCUT2D eigenvalue weighted by atomic mass is 16.2. The minimum atomic E-state index is 0.264. The maximum absolute atomic E-state index is 11.6. The van der Waals surface area contributed by atoms with Gasteiger partial charge in [-0.15, -0.1) is 0 Å². The molecule has 90 valence electrons. The molecule has 0 radical (unpaired) electrons. The van der Waals surface area contributed by atoms with Gasteiger partial charge < -0.3 is 10.2 Å². The molecule has 3 nitrogen and oxygen atoms in total. The first-order chi connectivity index (χ1) is 7.67. The lowest BCUT2D eigenvalue weighted by Gasteiger charge is -2.28. The van der Waals surface area contributed by atoms with E-state index < -0.39 is 0 Å². The maximum atomic E-state index is 11.6. The molecule has 1 fully saturated rings. The van der Waals surface area contributed by atoms with Crippen molar-refractivity contribution in [1.82, 2.24) is 10.2 Å². The fourth-order valence-electron chi connectivity index (χ4n) is 1.80. The van der Waals surface area contributed by atoms with E-state index in [1.807, 2.05) is 25.8 Å². The number of nitrogens with one attached hydrogen (secondary N) is 1. The van der Waals surface area contributed by atoms with Gasteiger partial charge in [0.1, 0.15) is 0 Å². The van der Waals surface area contributed by atoms with Crippen molar-refractivity contribution in [2.45, 2.75) is 33.1 Å². The molecule has 0 saturated carbocycles. The smallest absolute Gasteiger partial charge is 0.222 e. The van der Waals surface area contributed by atoms with Crippen LogP contribution in [0.2, 0.25) is 0 Å². The molecule has 1 N–H and O–H groups in total. The van der Waals surface area contributed by atoms with Crippen LogP contribution < -0.4 is 5.32 Å². The van der Waals surface area contributed by atoms with Crippen molar-refractivity contribution in [2.24, 2.45) is 0 Å². The van der Waals surface area contributed by atoms with Gasteiger partial charge in [-0.1, -0.05) is 18.6 Å². The standard InChI is InChI=1S/C13H22N2O/c1-4-13(16)15-9-5-6-12(10-15)8-7-11(2)14-3/h7-8,14H,4-6,9-10H2,1-3H3/b11-7-,12-8+. The number of nitrogens with zero attached hydrogens (tertiary/aromatic N) is 1. The van der Waals surface area contributed by atoms with Gasteiger partial charge in [-0.25, -0.2) is 0 Å². The maximum Gasteiger partial charge on any atom is 0.222 e. The van der Waals surface area contributed by atoms with Crippen molar-refractivity contribution in [1.29, 1.82) is 0 Å². The van der Waals surface area contributed by atoms with Crippen LogP contribution in [-0.2, 0) is 4.79 Å². The Morgan fingerprint density at radius 2 is 2.31 bits per heavy atom. The molecule has 0 aromatic rings. The zero-order valence-corrected chi connectivity index (χ0v) is 10.5. The highest BCUT2D eigenvalue weighted by Gasteiger charge is 2.17. The summed E-state index contributed by atoms with van der Waals surface area (Å²) in [5.74, 6) is 0.264. The number of carbonyl (C=O) groups excluding carboxylic acids is 1. The quantitative estimate of drug-likeness (QED) is 0.793. The highest BCUT2D eigenvalue weighted by molar-refractivity contribution is 5.76. The summed E-state index contributed by atoms with van der Waals surface area (Å²) in [6.07, 6.45) is 7.03. The summed E-state index contributed by atoms with van der Waals surface area (Å²) >= 11 is 0. The molecule has 0 aromatic carbocycles. The van der Waals surface area contributed by atoms with Crippen molar-refractivity contribution < 1.29 is 4.79 Å². The van der Waals surface area contributed by atoms with Crippen molar-refractivity contribution in [3.8, 4) is 0 Å². The van der Waals surface area contributed by atoms with Gasteiger partial charge in [0, 0.05) is 32.3 Å². The summed E-state index contributed by atoms with van der Waals surface area (Å²) in [7, 11) is 1.91. The van der Waals surface area contributed by atoms with Gasteiger partial charge in [0.15, 0.2) is 0 Å². The highest BCUT2D eigenvalue weighted by Crippen LogP contribution is 2.16. The monoisotopic (exact) mass is 222 g/mol. The van der Waals surface area contributed by atoms with Crippen LogP contribution in [-0.4, -0.2) is 30.9 Å². The molecule has 0 atom stereocenters. The Bertz CT molecular complexity index is 305. The Morgan fingerprint density at radius 3 is 2.94 bits per heavy atom. The fourth-order valence-corrected chi connectivity index (χ4v) is 1.80. The first-order valence-electron chi connectivity index (χ1n) is 5.99. The first kappa shape index (κ1) is 12.8. The van der Waals surface area contributed by atoms with Crippen LogP contribution in [0.25, 0.3) is 0 Å². The third kappa shape index (κ3) is 3.72. The molecule has 0 aliphatic carbocycles. The molecule has 16 heavy (non-hydrogen) atoms. The third-order valence-electron chi connectivity index (χ3n) is 2.94. The van der Waals surface area contributed by atoms with E-state index in [1.54, 1.807) is 0 Å². The molecule has 0 aromatic heterocycles. The number of likely N-dealkylation sites (tertiary alicyclic amines) is 1. The number of amides is 1. The Morgan fingerprint density at radius 1 is 1.56 bits per heavy atom. The second kappa shape index (κ2) is 6.36. The zero-order valence-electron chi connectivity index (χ0n) is 10.5. The van der Waals surface area contributed by atoms with Crippen LogP contribution >= 0.6 is 0 Å². The predicted molar refractivity (Wildman–Crippen MR) is 67.0 cm³/mol. The van der Waals surface area contributed by atoms with Crippen LogP contribution in [0, 0.1) is 0 Å². The summed E-state index contributed by atoms with van der Waals surface area (Å²) < 4.78 is 0. The lowest BCUT2D eigenvalue weighted by molar-refractivity contribution is -0.130. The van der Waals surface area contributed by atoms with E-state index in [1.165, 1.54) is 5.57 Å². The van der Waals surface area contributed by atoms with Gasteiger partial charge in [-0.3, -0.25) is 4.79 Å². The van der Waals surface area contributed by atoms with Crippen LogP contribution in [0.1, 0.15) is 33.1 Å². The number of rotatable bonds is 3. The predicted octanol–water partition coefficient (Wildman–Crippen LogP) is 2.07. The number of piperidine rings is 1. The number of hydrogen-bond acceptors (Lipinski definition) is 2. The topological polar surface area (TPSA) is 32.3 Å². The average molecular weight is 222 g/mol. The Kier molecular flexibility index (Phi) is 5.09. The number of hydrogen-bond donors (Lipinski definition) is 1. The molecule has 3 heteroatoms. The molecule has 0 spiro atoms. The molecule has 1 rings (SSSR count). The van der Waals surface area contributed by atoms with Gasteiger partial charge in [-0.2, -0.15) is 0 Å². The normalized spacial score (nSPS) is 20.1. The van der Waals surface area contributed by atoms with E-state index in [9.17, 15) is 4.79 Å². The fraction of sp³-hybridized carbons (Fsp3) is 0.615. The van der Waals surface area contributed by atoms with Gasteiger partial charge in [0.2, 0.25) is 5.91 Å². The van der Waals surface area contributed by atoms with Gasteiger partial charge in [-0.05, 0) is 25.8 Å². The Labute approximate surface area is 98.2 Å². The van der Waals surface area contributed by atoms with E-state index >= 15 is 0 Å². The molecular formula is C13H22N2O. The van der Waals surface area contributed by atoms with Crippen molar-refractivity contribution in [3.63, 3.8) is 0 Å². The minimum Gasteiger partial charge on any atom is -0.392 e. The molecule has 1 amide bonds. The Balaban J connectivity index is 2.60. The van der Waals surface area contributed by atoms with Crippen LogP contribution in [0.15, 0.2) is 23.4 Å². The third-order valence-corrected chi connectivity index (χ3v) is 2.94. The van der Waals surface area contributed by atoms with Gasteiger partial charge >= 0.3 is 0 Å². The van der Waals surface area contributed by atoms with E-state index in [0.29, 0.717) is 6.42 Å². The largest absolute Gasteiger partial charge is 0.392 e. The summed E-state index contributed by atoms with van der Waals surface area (Å²) in [6, 6.07) is 0. The second-order valence-electron chi connectivity index (χ2n) is 4.20. The van der Waals surface area contributed by atoms with Gasteiger partial charge in [0.25, 0.3) is 0 Å². The number of allylic oxidation sites excluding steroid dienone is 3. The van der Waals surface area contributed by atoms with Crippen LogP contribution in [0.4, 0.5) is 0 Å². The molecule has 1 heterocycles. The molecule has 1 aliphatic heterocycles. The average Bonchev–Trinajstić information content (AvgIpc) is 2.35. The second-order valence-corrected chi connectivity index (χ2v) is 4.20. The van der Waals surface area contributed by atoms with E-state index in [4.69, 9.17) is 0 Å². The van der Waals surface area contributed by atoms with Crippen LogP contribution in [0.3, 0.4) is 0 Å².